The maximum atomic E-state index is 13.4. The molecule has 0 spiro atoms. The van der Waals surface area contributed by atoms with Crippen LogP contribution in [-0.2, 0) is 10.1 Å². The Labute approximate surface area is 204 Å². The number of alkyl halides is 18. The van der Waals surface area contributed by atoms with Crippen molar-refractivity contribution in [2.75, 3.05) is 0 Å². The summed E-state index contributed by atoms with van der Waals surface area (Å²) in [5.74, 6) is -50.1. The van der Waals surface area contributed by atoms with Crippen LogP contribution in [0.5, 0.6) is 0 Å². The zero-order valence-corrected chi connectivity index (χ0v) is 19.0. The molecule has 3 nitrogen and oxygen atoms in total. The first-order valence-electron chi connectivity index (χ1n) is 7.69. The van der Waals surface area contributed by atoms with Gasteiger partial charge in [-0.2, -0.15) is 74.6 Å². The summed E-state index contributed by atoms with van der Waals surface area (Å²) in [4.78, 5) is 0. The van der Waals surface area contributed by atoms with E-state index in [0.29, 0.717) is 0 Å². The van der Waals surface area contributed by atoms with Gasteiger partial charge in [0.1, 0.15) is 0 Å². The molecule has 206 valence electrons. The summed E-state index contributed by atoms with van der Waals surface area (Å²) in [6.45, 7) is 0. The van der Waals surface area contributed by atoms with Crippen molar-refractivity contribution in [3.05, 3.63) is 0 Å². The minimum Gasteiger partial charge on any atom is -0.743 e. The van der Waals surface area contributed by atoms with Crippen molar-refractivity contribution >= 4 is 10.1 Å². The second kappa shape index (κ2) is 10.1. The molecule has 0 aromatic rings. The third kappa shape index (κ3) is 5.89. The third-order valence-electron chi connectivity index (χ3n) is 3.99. The molecule has 0 N–H and O–H groups in total. The Morgan fingerprint density at radius 1 is 0.600 bits per heavy atom. The van der Waals surface area contributed by atoms with Crippen molar-refractivity contribution in [3.63, 3.8) is 0 Å². The molecular formula is C12H7F18NaO3S. The first kappa shape index (κ1) is 36.8. The molecule has 0 aliphatic rings. The second-order valence-electron chi connectivity index (χ2n) is 6.44. The first-order chi connectivity index (χ1) is 14.4. The minimum atomic E-state index is -8.77. The minimum absolute atomic E-state index is 0. The summed E-state index contributed by atoms with van der Waals surface area (Å²) >= 11 is 0. The zero-order valence-electron chi connectivity index (χ0n) is 16.1. The SMILES string of the molecule is O=S(=O)([O-])C(F)(F)C(F)(F)C(F)(F)C(F)(F)C(F)(F)C(F)(F)C(F)(F)C(F)CCCC(F)(F)F.[Na+]. The van der Waals surface area contributed by atoms with Crippen molar-refractivity contribution < 1.29 is 122 Å². The molecule has 0 aromatic heterocycles. The average molecular weight is 596 g/mol. The van der Waals surface area contributed by atoms with Gasteiger partial charge < -0.3 is 4.55 Å². The van der Waals surface area contributed by atoms with Gasteiger partial charge in [-0.25, -0.2) is 12.8 Å². The molecule has 0 aliphatic carbocycles. The topological polar surface area (TPSA) is 57.2 Å². The van der Waals surface area contributed by atoms with E-state index in [1.54, 1.807) is 0 Å². The number of hydrogen-bond acceptors (Lipinski definition) is 3. The molecule has 0 aliphatic heterocycles. The Morgan fingerprint density at radius 3 is 1.23 bits per heavy atom. The van der Waals surface area contributed by atoms with Gasteiger partial charge in [-0.15, -0.1) is 0 Å². The maximum Gasteiger partial charge on any atom is 1.00 e. The molecule has 35 heavy (non-hydrogen) atoms. The van der Waals surface area contributed by atoms with Gasteiger partial charge in [0.25, 0.3) is 0 Å². The molecule has 0 amide bonds. The van der Waals surface area contributed by atoms with Crippen LogP contribution in [-0.4, -0.2) is 66.1 Å². The summed E-state index contributed by atoms with van der Waals surface area (Å²) in [6, 6.07) is 0. The Hall–Kier alpha value is -0.350. The molecule has 0 saturated heterocycles. The van der Waals surface area contributed by atoms with Gasteiger partial charge >= 0.3 is 76.5 Å². The third-order valence-corrected chi connectivity index (χ3v) is 4.87. The van der Waals surface area contributed by atoms with Crippen LogP contribution < -0.4 is 29.6 Å². The number of hydrogen-bond donors (Lipinski definition) is 0. The molecule has 0 aromatic carbocycles. The summed E-state index contributed by atoms with van der Waals surface area (Å²) in [5.41, 5.74) is 0. The van der Waals surface area contributed by atoms with Gasteiger partial charge in [-0.3, -0.25) is 0 Å². The van der Waals surface area contributed by atoms with Crippen LogP contribution in [0.1, 0.15) is 19.3 Å². The molecule has 1 atom stereocenters. The Morgan fingerprint density at radius 2 is 0.914 bits per heavy atom. The Kier molecular flexibility index (Phi) is 10.6. The van der Waals surface area contributed by atoms with Gasteiger partial charge in [0.05, 0.1) is 0 Å². The Balaban J connectivity index is 0. The quantitative estimate of drug-likeness (QED) is 0.210. The van der Waals surface area contributed by atoms with Crippen LogP contribution in [0.3, 0.4) is 0 Å². The van der Waals surface area contributed by atoms with Crippen molar-refractivity contribution in [3.8, 4) is 0 Å². The fourth-order valence-corrected chi connectivity index (χ4v) is 2.44. The van der Waals surface area contributed by atoms with Crippen molar-refractivity contribution in [2.24, 2.45) is 0 Å². The zero-order chi connectivity index (χ0) is 28.2. The van der Waals surface area contributed by atoms with Crippen LogP contribution >= 0.6 is 0 Å². The molecule has 0 radical (unpaired) electrons. The van der Waals surface area contributed by atoms with E-state index in [4.69, 9.17) is 0 Å². The number of rotatable bonds is 11. The van der Waals surface area contributed by atoms with Gasteiger partial charge in [-0.1, -0.05) is 0 Å². The van der Waals surface area contributed by atoms with Crippen molar-refractivity contribution in [1.29, 1.82) is 0 Å². The summed E-state index contributed by atoms with van der Waals surface area (Å²) < 4.78 is 265. The van der Waals surface area contributed by atoms with E-state index in [2.05, 4.69) is 0 Å². The maximum absolute atomic E-state index is 13.4. The monoisotopic (exact) mass is 596 g/mol. The fraction of sp³-hybridized carbons (Fsp3) is 1.00. The van der Waals surface area contributed by atoms with Crippen molar-refractivity contribution in [1.82, 2.24) is 0 Å². The van der Waals surface area contributed by atoms with E-state index in [9.17, 15) is 92.0 Å². The van der Waals surface area contributed by atoms with E-state index in [1.165, 1.54) is 0 Å². The first-order valence-corrected chi connectivity index (χ1v) is 9.09. The molecule has 0 rings (SSSR count). The fourth-order valence-electron chi connectivity index (χ4n) is 2.00. The normalized spacial score (nSPS) is 16.7. The molecule has 1 unspecified atom stereocenters. The Bertz CT molecular complexity index is 836. The predicted molar refractivity (Wildman–Crippen MR) is 69.1 cm³/mol. The van der Waals surface area contributed by atoms with Crippen LogP contribution in [0, 0.1) is 0 Å². The van der Waals surface area contributed by atoms with Gasteiger partial charge in [0, 0.05) is 6.42 Å². The number of halogens is 18. The molecule has 0 fully saturated rings. The van der Waals surface area contributed by atoms with Gasteiger partial charge in [0.2, 0.25) is 0 Å². The molecule has 0 heterocycles. The molecule has 23 heteroatoms. The van der Waals surface area contributed by atoms with E-state index in [1.807, 2.05) is 0 Å². The summed E-state index contributed by atoms with van der Waals surface area (Å²) in [5, 5.41) is -7.92. The molecule has 0 bridgehead atoms. The summed E-state index contributed by atoms with van der Waals surface area (Å²) in [7, 11) is -8.13. The van der Waals surface area contributed by atoms with Gasteiger partial charge in [0.15, 0.2) is 16.3 Å². The van der Waals surface area contributed by atoms with E-state index >= 15 is 0 Å². The molecular weight excluding hydrogens is 589 g/mol. The average Bonchev–Trinajstić information content (AvgIpc) is 2.58. The summed E-state index contributed by atoms with van der Waals surface area (Å²) in [6.07, 6.45) is -16.8. The molecule has 0 saturated carbocycles. The van der Waals surface area contributed by atoms with Crippen molar-refractivity contribution in [2.45, 2.75) is 72.4 Å². The second-order valence-corrected chi connectivity index (χ2v) is 7.86. The van der Waals surface area contributed by atoms with Crippen LogP contribution in [0.4, 0.5) is 79.0 Å². The van der Waals surface area contributed by atoms with Gasteiger partial charge in [-0.05, 0) is 12.8 Å². The largest absolute Gasteiger partial charge is 1.00 e. The smallest absolute Gasteiger partial charge is 0.743 e. The standard InChI is InChI=1S/C12H8F18O3S.Na/c13-4(2-1-3-5(14,15)16)6(17,18)7(19,20)8(21,22)9(23,24)10(25,26)11(27,28)12(29,30)34(31,32)33;/h4H,1-3H2,(H,31,32,33);/q;+1/p-1. The van der Waals surface area contributed by atoms with Crippen LogP contribution in [0.25, 0.3) is 0 Å². The van der Waals surface area contributed by atoms with E-state index < -0.39 is 82.5 Å². The van der Waals surface area contributed by atoms with Crippen LogP contribution in [0.15, 0.2) is 0 Å². The predicted octanol–water partition coefficient (Wildman–Crippen LogP) is 3.01. The van der Waals surface area contributed by atoms with E-state index in [0.717, 1.165) is 0 Å². The van der Waals surface area contributed by atoms with Crippen LogP contribution in [0.2, 0.25) is 0 Å². The van der Waals surface area contributed by atoms with E-state index in [-0.39, 0.29) is 29.6 Å².